The second-order valence-corrected chi connectivity index (χ2v) is 6.05. The number of rotatable bonds is 16. The first-order valence-electron chi connectivity index (χ1n) is 9.43. The van der Waals surface area contributed by atoms with E-state index < -0.39 is 0 Å². The third kappa shape index (κ3) is 14.3. The standard InChI is InChI=1S/C20H30N2O5/c1-2-3-9-14-19(21(24)25)16-11-6-7-12-17-20(22(26)27)15-10-5-4-8-13-18-23/h3,6-7,9,16-18H,2,4-5,8,10-15H2,1H3/b7-6+,9-3+,19-16-,20-17-. The van der Waals surface area contributed by atoms with Crippen LogP contribution in [0.3, 0.4) is 0 Å². The molecule has 0 N–H and O–H groups in total. The van der Waals surface area contributed by atoms with Crippen LogP contribution in [0.1, 0.15) is 71.1 Å². The zero-order chi connectivity index (χ0) is 20.3. The monoisotopic (exact) mass is 378 g/mol. The smallest absolute Gasteiger partial charge is 0.246 e. The highest BCUT2D eigenvalue weighted by atomic mass is 16.6. The second-order valence-electron chi connectivity index (χ2n) is 6.05. The number of carbonyl (C=O) groups excluding carboxylic acids is 1. The molecule has 0 saturated heterocycles. The van der Waals surface area contributed by atoms with Crippen molar-refractivity contribution in [2.45, 2.75) is 71.1 Å². The van der Waals surface area contributed by atoms with Crippen LogP contribution in [-0.4, -0.2) is 16.1 Å². The minimum Gasteiger partial charge on any atom is -0.303 e. The number of allylic oxidation sites excluding steroid dienone is 7. The quantitative estimate of drug-likeness (QED) is 0.115. The molecule has 0 aliphatic carbocycles. The van der Waals surface area contributed by atoms with Crippen LogP contribution >= 0.6 is 0 Å². The highest BCUT2D eigenvalue weighted by Crippen LogP contribution is 2.12. The lowest BCUT2D eigenvalue weighted by Gasteiger charge is -1.99. The maximum atomic E-state index is 11.1. The molecular weight excluding hydrogens is 348 g/mol. The fourth-order valence-electron chi connectivity index (χ4n) is 2.36. The Bertz CT molecular complexity index is 577. The Morgan fingerprint density at radius 2 is 1.41 bits per heavy atom. The molecule has 0 spiro atoms. The van der Waals surface area contributed by atoms with Crippen molar-refractivity contribution < 1.29 is 14.6 Å². The first-order valence-corrected chi connectivity index (χ1v) is 9.43. The average molecular weight is 378 g/mol. The van der Waals surface area contributed by atoms with Gasteiger partial charge in [0.2, 0.25) is 11.4 Å². The van der Waals surface area contributed by atoms with Crippen molar-refractivity contribution >= 4 is 6.29 Å². The van der Waals surface area contributed by atoms with Gasteiger partial charge in [-0.25, -0.2) is 0 Å². The van der Waals surface area contributed by atoms with Crippen LogP contribution < -0.4 is 0 Å². The fraction of sp³-hybridized carbons (Fsp3) is 0.550. The minimum atomic E-state index is -0.381. The summed E-state index contributed by atoms with van der Waals surface area (Å²) in [6.07, 6.45) is 17.6. The molecule has 0 aliphatic heterocycles. The first kappa shape index (κ1) is 24.4. The molecule has 0 aromatic rings. The number of hydrogen-bond acceptors (Lipinski definition) is 5. The van der Waals surface area contributed by atoms with Gasteiger partial charge in [-0.3, -0.25) is 20.2 Å². The molecule has 7 nitrogen and oxygen atoms in total. The Morgan fingerprint density at radius 3 is 1.96 bits per heavy atom. The highest BCUT2D eigenvalue weighted by molar-refractivity contribution is 5.48. The van der Waals surface area contributed by atoms with E-state index in [9.17, 15) is 25.0 Å². The molecule has 7 heteroatoms. The fourth-order valence-corrected chi connectivity index (χ4v) is 2.36. The molecule has 0 fully saturated rings. The van der Waals surface area contributed by atoms with E-state index in [1.54, 1.807) is 30.4 Å². The molecule has 0 rings (SSSR count). The van der Waals surface area contributed by atoms with E-state index in [4.69, 9.17) is 0 Å². The van der Waals surface area contributed by atoms with Gasteiger partial charge in [-0.05, 0) is 44.3 Å². The molecule has 0 aromatic heterocycles. The predicted octanol–water partition coefficient (Wildman–Crippen LogP) is 5.54. The summed E-state index contributed by atoms with van der Waals surface area (Å²) in [4.78, 5) is 31.5. The molecule has 0 aromatic carbocycles. The Balaban J connectivity index is 4.35. The van der Waals surface area contributed by atoms with Crippen LogP contribution in [0.2, 0.25) is 0 Å². The number of aldehydes is 1. The summed E-state index contributed by atoms with van der Waals surface area (Å²) in [6.45, 7) is 1.97. The number of hydrogen-bond donors (Lipinski definition) is 0. The van der Waals surface area contributed by atoms with Crippen LogP contribution in [0.4, 0.5) is 0 Å². The molecule has 150 valence electrons. The van der Waals surface area contributed by atoms with Crippen molar-refractivity contribution in [3.8, 4) is 0 Å². The third-order valence-corrected chi connectivity index (χ3v) is 3.85. The summed E-state index contributed by atoms with van der Waals surface area (Å²) in [5.41, 5.74) is 0.349. The number of carbonyl (C=O) groups is 1. The molecule has 27 heavy (non-hydrogen) atoms. The number of nitro groups is 2. The van der Waals surface area contributed by atoms with E-state index in [0.29, 0.717) is 32.1 Å². The van der Waals surface area contributed by atoms with Crippen LogP contribution in [0.25, 0.3) is 0 Å². The summed E-state index contributed by atoms with van der Waals surface area (Å²) in [5, 5.41) is 22.0. The Kier molecular flexibility index (Phi) is 15.3. The van der Waals surface area contributed by atoms with Crippen LogP contribution in [0.5, 0.6) is 0 Å². The van der Waals surface area contributed by atoms with Crippen LogP contribution in [0, 0.1) is 20.2 Å². The summed E-state index contributed by atoms with van der Waals surface area (Å²) in [7, 11) is 0. The lowest BCUT2D eigenvalue weighted by Crippen LogP contribution is -1.98. The lowest BCUT2D eigenvalue weighted by atomic mass is 10.1. The molecule has 0 heterocycles. The third-order valence-electron chi connectivity index (χ3n) is 3.85. The maximum absolute atomic E-state index is 11.1. The van der Waals surface area contributed by atoms with Crippen molar-refractivity contribution in [2.24, 2.45) is 0 Å². The van der Waals surface area contributed by atoms with Crippen LogP contribution in [0.15, 0.2) is 47.9 Å². The first-order chi connectivity index (χ1) is 13.0. The van der Waals surface area contributed by atoms with Crippen molar-refractivity contribution in [2.75, 3.05) is 0 Å². The number of unbranched alkanes of at least 4 members (excludes halogenated alkanes) is 4. The summed E-state index contributed by atoms with van der Waals surface area (Å²) >= 11 is 0. The average Bonchev–Trinajstić information content (AvgIpc) is 2.63. The topological polar surface area (TPSA) is 103 Å². The van der Waals surface area contributed by atoms with Crippen LogP contribution in [-0.2, 0) is 4.79 Å². The van der Waals surface area contributed by atoms with E-state index in [0.717, 1.165) is 38.4 Å². The molecule has 0 aliphatic rings. The van der Waals surface area contributed by atoms with E-state index >= 15 is 0 Å². The zero-order valence-corrected chi connectivity index (χ0v) is 16.0. The van der Waals surface area contributed by atoms with E-state index in [1.807, 2.05) is 13.0 Å². The van der Waals surface area contributed by atoms with Gasteiger partial charge in [0.15, 0.2) is 0 Å². The second kappa shape index (κ2) is 16.9. The van der Waals surface area contributed by atoms with Crippen molar-refractivity contribution in [3.63, 3.8) is 0 Å². The molecule has 0 unspecified atom stereocenters. The molecule has 0 bridgehead atoms. The molecule has 0 saturated carbocycles. The minimum absolute atomic E-state index is 0.153. The molecule has 0 atom stereocenters. The van der Waals surface area contributed by atoms with Gasteiger partial charge in [0, 0.05) is 12.8 Å². The lowest BCUT2D eigenvalue weighted by molar-refractivity contribution is -0.428. The van der Waals surface area contributed by atoms with Gasteiger partial charge in [-0.1, -0.05) is 44.1 Å². The predicted molar refractivity (Wildman–Crippen MR) is 106 cm³/mol. The maximum Gasteiger partial charge on any atom is 0.246 e. The summed E-state index contributed by atoms with van der Waals surface area (Å²) < 4.78 is 0. The SMILES string of the molecule is CC/C=C/C/C(=C/C/C=C/C/C=C(/CCCCCCC=O)[N+](=O)[O-])[N+](=O)[O-]. The van der Waals surface area contributed by atoms with Gasteiger partial charge in [0.05, 0.1) is 16.3 Å². The van der Waals surface area contributed by atoms with E-state index in [1.165, 1.54) is 0 Å². The van der Waals surface area contributed by atoms with Gasteiger partial charge >= 0.3 is 0 Å². The van der Waals surface area contributed by atoms with Gasteiger partial charge in [-0.15, -0.1) is 0 Å². The number of nitrogens with zero attached hydrogens (tertiary/aromatic N) is 2. The van der Waals surface area contributed by atoms with Gasteiger partial charge in [0.1, 0.15) is 6.29 Å². The van der Waals surface area contributed by atoms with Gasteiger partial charge in [-0.2, -0.15) is 0 Å². The zero-order valence-electron chi connectivity index (χ0n) is 16.0. The highest BCUT2D eigenvalue weighted by Gasteiger charge is 2.09. The van der Waals surface area contributed by atoms with Crippen molar-refractivity contribution in [1.29, 1.82) is 0 Å². The summed E-state index contributed by atoms with van der Waals surface area (Å²) in [6, 6.07) is 0. The van der Waals surface area contributed by atoms with Crippen molar-refractivity contribution in [1.82, 2.24) is 0 Å². The Labute approximate surface area is 160 Å². The van der Waals surface area contributed by atoms with Gasteiger partial charge < -0.3 is 4.79 Å². The summed E-state index contributed by atoms with van der Waals surface area (Å²) in [5.74, 6) is 0. The molecular formula is C20H30N2O5. The van der Waals surface area contributed by atoms with E-state index in [-0.39, 0.29) is 21.2 Å². The Hall–Kier alpha value is -2.57. The molecule has 0 radical (unpaired) electrons. The van der Waals surface area contributed by atoms with Gasteiger partial charge in [0.25, 0.3) is 0 Å². The normalized spacial score (nSPS) is 12.8. The molecule has 0 amide bonds. The van der Waals surface area contributed by atoms with Crippen molar-refractivity contribution in [3.05, 3.63) is 68.1 Å². The Morgan fingerprint density at radius 1 is 0.815 bits per heavy atom. The largest absolute Gasteiger partial charge is 0.303 e. The van der Waals surface area contributed by atoms with E-state index in [2.05, 4.69) is 0 Å².